The number of likely N-dealkylation sites (N-methyl/N-ethyl adjacent to an activating group) is 1. The molecule has 3 rings (SSSR count). The van der Waals surface area contributed by atoms with Crippen LogP contribution in [-0.2, 0) is 4.79 Å². The van der Waals surface area contributed by atoms with Crippen molar-refractivity contribution in [3.63, 3.8) is 0 Å². The van der Waals surface area contributed by atoms with Crippen LogP contribution in [0.1, 0.15) is 43.2 Å². The van der Waals surface area contributed by atoms with Crippen LogP contribution in [0.3, 0.4) is 0 Å². The van der Waals surface area contributed by atoms with Gasteiger partial charge in [0.1, 0.15) is 5.75 Å². The van der Waals surface area contributed by atoms with Crippen LogP contribution < -0.4 is 10.1 Å². The summed E-state index contributed by atoms with van der Waals surface area (Å²) in [6.07, 6.45) is 6.23. The van der Waals surface area contributed by atoms with Crippen molar-refractivity contribution in [2.75, 3.05) is 46.4 Å². The molecule has 1 aliphatic heterocycles. The molecule has 0 radical (unpaired) electrons. The molecule has 1 aliphatic carbocycles. The first-order chi connectivity index (χ1) is 13.0. The molecule has 6 heteroatoms. The van der Waals surface area contributed by atoms with Crippen molar-refractivity contribution < 1.29 is 9.53 Å². The fraction of sp³-hybridized carbons (Fsp3) is 0.682. The lowest BCUT2D eigenvalue weighted by molar-refractivity contribution is -0.124. The van der Waals surface area contributed by atoms with Crippen LogP contribution in [0.4, 0.5) is 0 Å². The summed E-state index contributed by atoms with van der Waals surface area (Å²) >= 11 is 0. The minimum atomic E-state index is -0.0185. The zero-order chi connectivity index (χ0) is 19.3. The maximum absolute atomic E-state index is 12.5. The average molecular weight is 410 g/mol. The normalized spacial score (nSPS) is 20.2. The number of rotatable bonds is 6. The third-order valence-electron chi connectivity index (χ3n) is 6.49. The summed E-state index contributed by atoms with van der Waals surface area (Å²) in [7, 11) is 2.19. The molecule has 1 heterocycles. The standard InChI is InChI=1S/C22H35N3O2.ClH/c1-18-8-7-9-20(19(18)2)27-16-21(26)23-17-22(10-5-4-6-11-22)25-14-12-24(3)13-15-25;/h7-9H,4-6,10-17H2,1-3H3,(H,23,26);1H. The van der Waals surface area contributed by atoms with E-state index in [1.807, 2.05) is 19.1 Å². The van der Waals surface area contributed by atoms with Gasteiger partial charge in [-0.2, -0.15) is 0 Å². The summed E-state index contributed by atoms with van der Waals surface area (Å²) in [4.78, 5) is 17.5. The third-order valence-corrected chi connectivity index (χ3v) is 6.49. The summed E-state index contributed by atoms with van der Waals surface area (Å²) in [5.41, 5.74) is 2.42. The van der Waals surface area contributed by atoms with Crippen LogP contribution >= 0.6 is 12.4 Å². The second-order valence-corrected chi connectivity index (χ2v) is 8.34. The first kappa shape index (κ1) is 23.0. The highest BCUT2D eigenvalue weighted by Crippen LogP contribution is 2.34. The topological polar surface area (TPSA) is 44.8 Å². The van der Waals surface area contributed by atoms with Gasteiger partial charge in [0.05, 0.1) is 0 Å². The van der Waals surface area contributed by atoms with E-state index in [1.165, 1.54) is 37.7 Å². The Morgan fingerprint density at radius 2 is 1.79 bits per heavy atom. The number of amides is 1. The zero-order valence-corrected chi connectivity index (χ0v) is 18.4. The quantitative estimate of drug-likeness (QED) is 0.783. The summed E-state index contributed by atoms with van der Waals surface area (Å²) < 4.78 is 5.78. The van der Waals surface area contributed by atoms with Crippen molar-refractivity contribution in [3.8, 4) is 5.75 Å². The first-order valence-corrected chi connectivity index (χ1v) is 10.4. The number of nitrogens with one attached hydrogen (secondary N) is 1. The Morgan fingerprint density at radius 3 is 2.46 bits per heavy atom. The highest BCUT2D eigenvalue weighted by atomic mass is 35.5. The smallest absolute Gasteiger partial charge is 0.258 e. The van der Waals surface area contributed by atoms with Gasteiger partial charge in [-0.1, -0.05) is 31.4 Å². The van der Waals surface area contributed by atoms with Crippen LogP contribution in [0, 0.1) is 13.8 Å². The number of aryl methyl sites for hydroxylation is 1. The van der Waals surface area contributed by atoms with E-state index in [1.54, 1.807) is 0 Å². The van der Waals surface area contributed by atoms with Gasteiger partial charge in [0.2, 0.25) is 0 Å². The molecule has 5 nitrogen and oxygen atoms in total. The van der Waals surface area contributed by atoms with E-state index in [-0.39, 0.29) is 30.5 Å². The summed E-state index contributed by atoms with van der Waals surface area (Å²) in [6, 6.07) is 5.97. The molecular formula is C22H36ClN3O2. The molecule has 0 unspecified atom stereocenters. The van der Waals surface area contributed by atoms with Gasteiger partial charge in [0.15, 0.2) is 6.61 Å². The van der Waals surface area contributed by atoms with Gasteiger partial charge in [-0.25, -0.2) is 0 Å². The van der Waals surface area contributed by atoms with Crippen LogP contribution in [-0.4, -0.2) is 67.6 Å². The predicted octanol–water partition coefficient (Wildman–Crippen LogP) is 3.17. The van der Waals surface area contributed by atoms with Gasteiger partial charge in [-0.15, -0.1) is 12.4 Å². The highest BCUT2D eigenvalue weighted by Gasteiger charge is 2.39. The molecule has 158 valence electrons. The predicted molar refractivity (Wildman–Crippen MR) is 117 cm³/mol. The van der Waals surface area contributed by atoms with E-state index in [0.717, 1.165) is 44.0 Å². The number of ether oxygens (including phenoxy) is 1. The minimum absolute atomic E-state index is 0. The van der Waals surface area contributed by atoms with Gasteiger partial charge in [0.25, 0.3) is 5.91 Å². The summed E-state index contributed by atoms with van der Waals surface area (Å²) in [6.45, 7) is 9.36. The fourth-order valence-corrected chi connectivity index (χ4v) is 4.43. The molecule has 1 aromatic rings. The van der Waals surface area contributed by atoms with Crippen molar-refractivity contribution in [2.45, 2.75) is 51.5 Å². The average Bonchev–Trinajstić information content (AvgIpc) is 2.69. The molecule has 1 amide bonds. The molecule has 0 bridgehead atoms. The molecule has 1 aromatic carbocycles. The monoisotopic (exact) mass is 409 g/mol. The SMILES string of the molecule is Cc1cccc(OCC(=O)NCC2(N3CCN(C)CC3)CCCCC2)c1C.Cl. The summed E-state index contributed by atoms with van der Waals surface area (Å²) in [5, 5.41) is 3.19. The van der Waals surface area contributed by atoms with Crippen molar-refractivity contribution in [3.05, 3.63) is 29.3 Å². The third kappa shape index (κ3) is 5.62. The van der Waals surface area contributed by atoms with Gasteiger partial charge in [-0.05, 0) is 50.9 Å². The lowest BCUT2D eigenvalue weighted by Gasteiger charge is -2.49. The van der Waals surface area contributed by atoms with Crippen LogP contribution in [0.25, 0.3) is 0 Å². The molecule has 1 saturated carbocycles. The Kier molecular flexibility index (Phi) is 8.59. The van der Waals surface area contributed by atoms with Gasteiger partial charge in [-0.3, -0.25) is 9.69 Å². The molecule has 0 spiro atoms. The molecule has 0 aromatic heterocycles. The highest BCUT2D eigenvalue weighted by molar-refractivity contribution is 5.85. The van der Waals surface area contributed by atoms with Crippen molar-refractivity contribution in [1.29, 1.82) is 0 Å². The van der Waals surface area contributed by atoms with Crippen molar-refractivity contribution in [2.24, 2.45) is 0 Å². The van der Waals surface area contributed by atoms with E-state index in [0.29, 0.717) is 0 Å². The van der Waals surface area contributed by atoms with Crippen LogP contribution in [0.2, 0.25) is 0 Å². The number of nitrogens with zero attached hydrogens (tertiary/aromatic N) is 2. The van der Waals surface area contributed by atoms with Crippen molar-refractivity contribution in [1.82, 2.24) is 15.1 Å². The van der Waals surface area contributed by atoms with E-state index >= 15 is 0 Å². The molecule has 0 atom stereocenters. The molecule has 2 fully saturated rings. The molecule has 1 saturated heterocycles. The number of carbonyl (C=O) groups excluding carboxylic acids is 1. The van der Waals surface area contributed by atoms with Gasteiger partial charge < -0.3 is 15.0 Å². The maximum atomic E-state index is 12.5. The van der Waals surface area contributed by atoms with E-state index < -0.39 is 0 Å². The maximum Gasteiger partial charge on any atom is 0.258 e. The lowest BCUT2D eigenvalue weighted by Crippen LogP contribution is -2.61. The Bertz CT molecular complexity index is 639. The largest absolute Gasteiger partial charge is 0.483 e. The van der Waals surface area contributed by atoms with E-state index in [9.17, 15) is 4.79 Å². The van der Waals surface area contributed by atoms with Crippen molar-refractivity contribution >= 4 is 18.3 Å². The molecule has 1 N–H and O–H groups in total. The number of benzene rings is 1. The van der Waals surface area contributed by atoms with Gasteiger partial charge >= 0.3 is 0 Å². The van der Waals surface area contributed by atoms with E-state index in [2.05, 4.69) is 35.2 Å². The molecule has 28 heavy (non-hydrogen) atoms. The Morgan fingerprint density at radius 1 is 1.11 bits per heavy atom. The summed E-state index contributed by atoms with van der Waals surface area (Å²) in [5.74, 6) is 0.784. The number of hydrogen-bond acceptors (Lipinski definition) is 4. The van der Waals surface area contributed by atoms with Gasteiger partial charge in [0, 0.05) is 38.3 Å². The zero-order valence-electron chi connectivity index (χ0n) is 17.6. The molecule has 2 aliphatic rings. The Hall–Kier alpha value is -1.30. The lowest BCUT2D eigenvalue weighted by atomic mass is 9.79. The Labute approximate surface area is 176 Å². The first-order valence-electron chi connectivity index (χ1n) is 10.4. The number of piperazine rings is 1. The Balaban J connectivity index is 0.00000280. The second kappa shape index (κ2) is 10.5. The molecular weight excluding hydrogens is 374 g/mol. The number of halogens is 1. The minimum Gasteiger partial charge on any atom is -0.483 e. The number of hydrogen-bond donors (Lipinski definition) is 1. The number of carbonyl (C=O) groups is 1. The fourth-order valence-electron chi connectivity index (χ4n) is 4.43. The second-order valence-electron chi connectivity index (χ2n) is 8.34. The van der Waals surface area contributed by atoms with E-state index in [4.69, 9.17) is 4.74 Å². The van der Waals surface area contributed by atoms with Crippen LogP contribution in [0.5, 0.6) is 5.75 Å². The van der Waals surface area contributed by atoms with Crippen LogP contribution in [0.15, 0.2) is 18.2 Å².